The first-order valence-corrected chi connectivity index (χ1v) is 44.3. The Kier molecular flexibility index (Phi) is 76.0. The number of carbonyl (C=O) groups excluding carboxylic acids is 4. The molecule has 0 aromatic heterocycles. The average Bonchev–Trinajstić information content (AvgIpc) is 0.900. The molecule has 5 atom stereocenters. The molecule has 0 aromatic carbocycles. The number of hydrogen-bond donors (Lipinski definition) is 3. The van der Waals surface area contributed by atoms with E-state index in [2.05, 4.69) is 192 Å². The van der Waals surface area contributed by atoms with Crippen molar-refractivity contribution in [1.29, 1.82) is 0 Å². The van der Waals surface area contributed by atoms with Gasteiger partial charge in [-0.25, -0.2) is 9.13 Å². The molecule has 0 saturated heterocycles. The molecule has 0 aromatic rings. The zero-order chi connectivity index (χ0) is 80.3. The van der Waals surface area contributed by atoms with Gasteiger partial charge in [-0.3, -0.25) is 37.3 Å². The molecule has 0 bridgehead atoms. The Labute approximate surface area is 665 Å². The molecule has 0 saturated carbocycles. The van der Waals surface area contributed by atoms with Crippen LogP contribution in [0, 0.1) is 0 Å². The van der Waals surface area contributed by atoms with Crippen molar-refractivity contribution in [3.63, 3.8) is 0 Å². The maximum absolute atomic E-state index is 13.1. The van der Waals surface area contributed by atoms with Gasteiger partial charge >= 0.3 is 39.5 Å². The monoisotopic (exact) mass is 1570 g/mol. The van der Waals surface area contributed by atoms with Gasteiger partial charge in [0.15, 0.2) is 12.2 Å². The molecule has 0 fully saturated rings. The third-order valence-electron chi connectivity index (χ3n) is 16.3. The molecular weight excluding hydrogens is 1430 g/mol. The lowest BCUT2D eigenvalue weighted by Gasteiger charge is -2.21. The molecule has 0 aliphatic heterocycles. The standard InChI is InChI=1S/C91H144O17P2/c1-5-9-13-17-21-25-29-33-37-40-42-45-49-52-56-60-64-68-72-76-89(94)102-82-87(108-91(96)78-74-70-66-62-58-54-50-46-43-41-38-34-30-26-22-18-14-10-6-2)84-106-110(99,100)104-80-85(92)79-103-109(97,98)105-83-86(107-90(95)77-73-69-65-61-57-53-47-36-32-28-24-20-16-12-8-4)81-101-88(93)75-71-67-63-59-55-51-48-44-39-35-31-27-23-19-15-11-7-3/h9,11-13,15-16,21-28,33-39,42-43,45-47,52,56-57,61,64,68-69,73,85-87,92H,5-8,10,14,17-20,29-32,40-41,44,48-51,53-55,58-60,62-63,65-67,70-72,74-84H2,1-4H3,(H,97,98)(H,99,100)/b13-9-,15-11-,16-12-,25-21-,26-22-,27-23-,28-24-,37-33-,38-34-,39-35-,45-42-,46-43-,47-36-,56-52-,61-57-,68-64-,73-69-. The van der Waals surface area contributed by atoms with Crippen molar-refractivity contribution < 1.29 is 80.2 Å². The van der Waals surface area contributed by atoms with E-state index >= 15 is 0 Å². The summed E-state index contributed by atoms with van der Waals surface area (Å²) in [6.07, 6.45) is 101. The molecule has 0 spiro atoms. The molecule has 19 heteroatoms. The average molecular weight is 1570 g/mol. The highest BCUT2D eigenvalue weighted by Crippen LogP contribution is 2.45. The zero-order valence-corrected chi connectivity index (χ0v) is 69.6. The van der Waals surface area contributed by atoms with Crippen LogP contribution in [-0.4, -0.2) is 96.7 Å². The first-order valence-electron chi connectivity index (χ1n) is 41.3. The molecule has 0 heterocycles. The first kappa shape index (κ1) is 104. The molecule has 0 aliphatic carbocycles. The number of hydrogen-bond acceptors (Lipinski definition) is 15. The maximum Gasteiger partial charge on any atom is 0.472 e. The highest BCUT2D eigenvalue weighted by Gasteiger charge is 2.30. The summed E-state index contributed by atoms with van der Waals surface area (Å²) in [5.41, 5.74) is 0. The molecule has 0 aliphatic rings. The minimum atomic E-state index is -5.02. The van der Waals surface area contributed by atoms with E-state index in [1.165, 1.54) is 19.3 Å². The van der Waals surface area contributed by atoms with E-state index < -0.39 is 97.5 Å². The van der Waals surface area contributed by atoms with E-state index in [1.54, 1.807) is 12.2 Å². The van der Waals surface area contributed by atoms with Crippen LogP contribution in [0.2, 0.25) is 0 Å². The number of rotatable bonds is 75. The number of phosphoric acid groups is 2. The van der Waals surface area contributed by atoms with E-state index in [4.69, 9.17) is 37.0 Å². The third-order valence-corrected chi connectivity index (χ3v) is 18.2. The smallest absolute Gasteiger partial charge is 0.462 e. The van der Waals surface area contributed by atoms with Gasteiger partial charge in [0.1, 0.15) is 19.3 Å². The highest BCUT2D eigenvalue weighted by molar-refractivity contribution is 7.47. The van der Waals surface area contributed by atoms with E-state index in [9.17, 15) is 43.2 Å². The molecule has 5 unspecified atom stereocenters. The second kappa shape index (κ2) is 80.7. The Morgan fingerprint density at radius 3 is 0.864 bits per heavy atom. The maximum atomic E-state index is 13.1. The Balaban J connectivity index is 5.55. The summed E-state index contributed by atoms with van der Waals surface area (Å²) < 4.78 is 68.5. The van der Waals surface area contributed by atoms with E-state index in [0.717, 1.165) is 180 Å². The quantitative estimate of drug-likeness (QED) is 0.0169. The summed E-state index contributed by atoms with van der Waals surface area (Å²) in [6.45, 7) is 4.26. The number of aliphatic hydroxyl groups is 1. The van der Waals surface area contributed by atoms with Crippen LogP contribution in [0.5, 0.6) is 0 Å². The Morgan fingerprint density at radius 1 is 0.273 bits per heavy atom. The van der Waals surface area contributed by atoms with Gasteiger partial charge in [-0.2, -0.15) is 0 Å². The fourth-order valence-electron chi connectivity index (χ4n) is 10.1. The summed E-state index contributed by atoms with van der Waals surface area (Å²) in [6, 6.07) is 0. The highest BCUT2D eigenvalue weighted by atomic mass is 31.2. The Hall–Kier alpha value is -6.36. The van der Waals surface area contributed by atoms with Crippen molar-refractivity contribution in [2.75, 3.05) is 39.6 Å². The molecule has 0 radical (unpaired) electrons. The zero-order valence-electron chi connectivity index (χ0n) is 67.8. The number of esters is 4. The second-order valence-electron chi connectivity index (χ2n) is 26.6. The van der Waals surface area contributed by atoms with Crippen molar-refractivity contribution in [3.8, 4) is 0 Å². The molecular formula is C91H144O17P2. The predicted molar refractivity (Wildman–Crippen MR) is 454 cm³/mol. The molecule has 17 nitrogen and oxygen atoms in total. The fraction of sp³-hybridized carbons (Fsp3) is 0.582. The fourth-order valence-corrected chi connectivity index (χ4v) is 11.7. The normalized spacial score (nSPS) is 14.9. The van der Waals surface area contributed by atoms with Gasteiger partial charge < -0.3 is 33.8 Å². The Bertz CT molecular complexity index is 2900. The van der Waals surface area contributed by atoms with Crippen molar-refractivity contribution in [3.05, 3.63) is 207 Å². The van der Waals surface area contributed by atoms with Gasteiger partial charge in [0.25, 0.3) is 0 Å². The molecule has 0 amide bonds. The minimum Gasteiger partial charge on any atom is -0.462 e. The van der Waals surface area contributed by atoms with E-state index in [-0.39, 0.29) is 25.7 Å². The van der Waals surface area contributed by atoms with Crippen LogP contribution in [0.1, 0.15) is 285 Å². The molecule has 3 N–H and O–H groups in total. The number of ether oxygens (including phenoxy) is 4. The summed E-state index contributed by atoms with van der Waals surface area (Å²) in [5, 5.41) is 10.7. The summed E-state index contributed by atoms with van der Waals surface area (Å²) in [5.74, 6) is -2.47. The van der Waals surface area contributed by atoms with Crippen molar-refractivity contribution in [2.24, 2.45) is 0 Å². The second-order valence-corrected chi connectivity index (χ2v) is 29.5. The topological polar surface area (TPSA) is 237 Å². The van der Waals surface area contributed by atoms with Gasteiger partial charge in [-0.15, -0.1) is 0 Å². The Morgan fingerprint density at radius 2 is 0.527 bits per heavy atom. The van der Waals surface area contributed by atoms with Crippen molar-refractivity contribution in [1.82, 2.24) is 0 Å². The van der Waals surface area contributed by atoms with Gasteiger partial charge in [-0.1, -0.05) is 305 Å². The van der Waals surface area contributed by atoms with E-state index in [1.807, 2.05) is 30.4 Å². The number of allylic oxidation sites excluding steroid dienone is 33. The van der Waals surface area contributed by atoms with Gasteiger partial charge in [-0.05, 0) is 161 Å². The van der Waals surface area contributed by atoms with Crippen LogP contribution in [-0.2, 0) is 65.4 Å². The van der Waals surface area contributed by atoms with Gasteiger partial charge in [0.2, 0.25) is 0 Å². The van der Waals surface area contributed by atoms with Crippen molar-refractivity contribution in [2.45, 2.75) is 303 Å². The molecule has 110 heavy (non-hydrogen) atoms. The number of aliphatic hydroxyl groups excluding tert-OH is 1. The SMILES string of the molecule is CC/C=C\C/C=C\C/C=C\C/C=C\C/C=C\C/C=C\CCC(=O)OCC(COP(=O)(O)OCC(O)COP(=O)(O)OCC(COC(=O)CCCCCCCCC/C=C\C/C=C\C/C=C\CC)OC(=O)C/C=C\C/C=C\C/C=C\C/C=C\C/C=C\CC)OC(=O)CCCCCCCC/C=C\C/C=C\C/C=C\CCCCC. The lowest BCUT2D eigenvalue weighted by Crippen LogP contribution is -2.30. The van der Waals surface area contributed by atoms with Crippen LogP contribution in [0.3, 0.4) is 0 Å². The summed E-state index contributed by atoms with van der Waals surface area (Å²) >= 11 is 0. The van der Waals surface area contributed by atoms with Crippen LogP contribution < -0.4 is 0 Å². The van der Waals surface area contributed by atoms with Crippen LogP contribution >= 0.6 is 15.6 Å². The number of unbranched alkanes of at least 4 members (excludes halogenated alkanes) is 16. The van der Waals surface area contributed by atoms with Crippen molar-refractivity contribution >= 4 is 39.5 Å². The number of phosphoric ester groups is 2. The predicted octanol–water partition coefficient (Wildman–Crippen LogP) is 24.7. The summed E-state index contributed by atoms with van der Waals surface area (Å²) in [4.78, 5) is 73.1. The summed E-state index contributed by atoms with van der Waals surface area (Å²) in [7, 11) is -10.0. The van der Waals surface area contributed by atoms with E-state index in [0.29, 0.717) is 32.1 Å². The lowest BCUT2D eigenvalue weighted by atomic mass is 10.1. The van der Waals surface area contributed by atoms with Crippen LogP contribution in [0.25, 0.3) is 0 Å². The molecule has 620 valence electrons. The van der Waals surface area contributed by atoms with Crippen LogP contribution in [0.4, 0.5) is 0 Å². The minimum absolute atomic E-state index is 0.0227. The third kappa shape index (κ3) is 79.7. The van der Waals surface area contributed by atoms with Gasteiger partial charge in [0.05, 0.1) is 32.8 Å². The lowest BCUT2D eigenvalue weighted by molar-refractivity contribution is -0.161. The molecule has 0 rings (SSSR count). The first-order chi connectivity index (χ1) is 53.7. The van der Waals surface area contributed by atoms with Gasteiger partial charge in [0, 0.05) is 19.3 Å². The number of carbonyl (C=O) groups is 4. The van der Waals surface area contributed by atoms with Crippen LogP contribution in [0.15, 0.2) is 207 Å². The largest absolute Gasteiger partial charge is 0.472 e.